The molecule has 47 heavy (non-hydrogen) atoms. The zero-order valence-corrected chi connectivity index (χ0v) is 35.6. The molecule has 0 aromatic carbocycles. The van der Waals surface area contributed by atoms with Gasteiger partial charge in [-0.3, -0.25) is 9.59 Å². The summed E-state index contributed by atoms with van der Waals surface area (Å²) in [7, 11) is -2.71. The first kappa shape index (κ1) is 44.1. The van der Waals surface area contributed by atoms with Crippen LogP contribution in [0.1, 0.15) is 133 Å². The molecule has 0 saturated heterocycles. The van der Waals surface area contributed by atoms with Crippen LogP contribution in [-0.4, -0.2) is 53.6 Å². The molecule has 0 spiro atoms. The first-order chi connectivity index (χ1) is 21.7. The molecule has 1 aliphatic carbocycles. The Morgan fingerprint density at radius 3 is 2.09 bits per heavy atom. The van der Waals surface area contributed by atoms with E-state index < -0.39 is 16.6 Å². The number of hydrogen-bond acceptors (Lipinski definition) is 7. The molecule has 0 aromatic rings. The van der Waals surface area contributed by atoms with Crippen LogP contribution >= 0.6 is 11.8 Å². The van der Waals surface area contributed by atoms with Crippen molar-refractivity contribution in [3.8, 4) is 0 Å². The largest absolute Gasteiger partial charge is 0.469 e. The van der Waals surface area contributed by atoms with Crippen molar-refractivity contribution in [2.24, 2.45) is 11.8 Å². The van der Waals surface area contributed by atoms with Crippen LogP contribution in [0.3, 0.4) is 0 Å². The Morgan fingerprint density at radius 1 is 0.894 bits per heavy atom. The van der Waals surface area contributed by atoms with Gasteiger partial charge in [0.25, 0.3) is 0 Å². The molecule has 0 bridgehead atoms. The van der Waals surface area contributed by atoms with Gasteiger partial charge in [0.2, 0.25) is 0 Å². The molecule has 0 aliphatic heterocycles. The lowest BCUT2D eigenvalue weighted by Crippen LogP contribution is -2.45. The highest BCUT2D eigenvalue weighted by atomic mass is 32.2. The summed E-state index contributed by atoms with van der Waals surface area (Å²) in [5.41, 5.74) is 0. The highest BCUT2D eigenvalue weighted by Crippen LogP contribution is 2.47. The summed E-state index contributed by atoms with van der Waals surface area (Å²) < 4.78 is 25.2. The van der Waals surface area contributed by atoms with Crippen LogP contribution < -0.4 is 0 Å². The third-order valence-electron chi connectivity index (χ3n) is 10.3. The van der Waals surface area contributed by atoms with Crippen molar-refractivity contribution < 1.29 is 27.9 Å². The van der Waals surface area contributed by atoms with Gasteiger partial charge in [0, 0.05) is 30.1 Å². The number of unbranched alkanes of at least 4 members (excludes halogenated alkanes) is 3. The molecule has 9 heteroatoms. The molecule has 1 aliphatic rings. The van der Waals surface area contributed by atoms with E-state index in [1.807, 2.05) is 6.92 Å². The predicted molar refractivity (Wildman–Crippen MR) is 206 cm³/mol. The molecule has 0 radical (unpaired) electrons. The minimum absolute atomic E-state index is 0.00918. The van der Waals surface area contributed by atoms with E-state index >= 15 is 0 Å². The molecule has 274 valence electrons. The third-order valence-corrected chi connectivity index (χ3v) is 20.6. The Kier molecular flexibility index (Phi) is 18.9. The minimum atomic E-state index is -2.13. The number of esters is 2. The zero-order valence-electron chi connectivity index (χ0n) is 32.8. The lowest BCUT2D eigenvalue weighted by atomic mass is 9.96. The number of ether oxygens (including phenoxy) is 2. The zero-order chi connectivity index (χ0) is 36.1. The monoisotopic (exact) mass is 712 g/mol. The quantitative estimate of drug-likeness (QED) is 0.0508. The first-order valence-electron chi connectivity index (χ1n) is 18.4. The second kappa shape index (κ2) is 20.1. The summed E-state index contributed by atoms with van der Waals surface area (Å²) in [6, 6.07) is 0. The summed E-state index contributed by atoms with van der Waals surface area (Å²) in [6.45, 7) is 29.7. The SMILES string of the molecule is CCCC[C@@H](C)C[C@@H](C=C[C@@H]1C(SCCCCCC(=O)OC)=C(OC(=O)CCC)C[C@H]1O[Si](C)(C)C(C)(C)C)O[Si](C)(C)C(C)(C)C. The van der Waals surface area contributed by atoms with Gasteiger partial charge in [0.15, 0.2) is 16.6 Å². The molecule has 1 rings (SSSR count). The number of methoxy groups -OCH3 is 1. The van der Waals surface area contributed by atoms with E-state index in [4.69, 9.17) is 18.3 Å². The Hall–Kier alpha value is -0.876. The maximum atomic E-state index is 12.9. The second-order valence-corrected chi connectivity index (χ2v) is 27.3. The Bertz CT molecular complexity index is 1020. The number of carbonyl (C=O) groups is 2. The third kappa shape index (κ3) is 15.3. The van der Waals surface area contributed by atoms with Gasteiger partial charge in [-0.15, -0.1) is 11.8 Å². The molecular weight excluding hydrogens is 641 g/mol. The van der Waals surface area contributed by atoms with Gasteiger partial charge in [-0.2, -0.15) is 0 Å². The minimum Gasteiger partial charge on any atom is -0.469 e. The van der Waals surface area contributed by atoms with E-state index in [1.54, 1.807) is 11.8 Å². The normalized spacial score (nSPS) is 19.4. The fraction of sp³-hybridized carbons (Fsp3) is 0.842. The van der Waals surface area contributed by atoms with E-state index in [9.17, 15) is 9.59 Å². The summed E-state index contributed by atoms with van der Waals surface area (Å²) in [5, 5.41) is 0.168. The fourth-order valence-corrected chi connectivity index (χ4v) is 9.07. The van der Waals surface area contributed by atoms with E-state index in [0.29, 0.717) is 25.2 Å². The lowest BCUT2D eigenvalue weighted by molar-refractivity contribution is -0.141. The van der Waals surface area contributed by atoms with E-state index in [-0.39, 0.29) is 40.1 Å². The van der Waals surface area contributed by atoms with Crippen LogP contribution in [0.2, 0.25) is 36.3 Å². The Labute approximate surface area is 296 Å². The molecule has 0 aromatic heterocycles. The van der Waals surface area contributed by atoms with Crippen LogP contribution in [0.5, 0.6) is 0 Å². The molecule has 0 saturated carbocycles. The van der Waals surface area contributed by atoms with Crippen LogP contribution in [-0.2, 0) is 27.9 Å². The molecule has 0 heterocycles. The van der Waals surface area contributed by atoms with Gasteiger partial charge >= 0.3 is 11.9 Å². The smallest absolute Gasteiger partial charge is 0.310 e. The Morgan fingerprint density at radius 2 is 1.53 bits per heavy atom. The molecule has 0 N–H and O–H groups in total. The van der Waals surface area contributed by atoms with Gasteiger partial charge in [-0.25, -0.2) is 0 Å². The standard InChI is InChI=1S/C38H72O6SSi2/c1-15-17-22-29(3)27-30(43-46(11,12)37(4,5)6)24-25-31-32(44-47(13,14)38(7,8)9)28-33(42-35(40)21-16-2)36(31)45-26-20-18-19-23-34(39)41-10/h24-25,29-32H,15-23,26-28H2,1-14H3/t29-,30-,31+,32-/m1/s1. The topological polar surface area (TPSA) is 71.1 Å². The molecule has 4 atom stereocenters. The predicted octanol–water partition coefficient (Wildman–Crippen LogP) is 11.6. The maximum Gasteiger partial charge on any atom is 0.310 e. The molecule has 0 amide bonds. The average Bonchev–Trinajstić information content (AvgIpc) is 3.25. The van der Waals surface area contributed by atoms with Crippen molar-refractivity contribution in [2.45, 2.75) is 181 Å². The highest BCUT2D eigenvalue weighted by Gasteiger charge is 2.45. The fourth-order valence-electron chi connectivity index (χ4n) is 5.17. The van der Waals surface area contributed by atoms with Crippen LogP contribution in [0.15, 0.2) is 22.8 Å². The van der Waals surface area contributed by atoms with Gasteiger partial charge < -0.3 is 18.3 Å². The molecular formula is C38H72O6SSi2. The maximum absolute atomic E-state index is 12.9. The average molecular weight is 713 g/mol. The lowest BCUT2D eigenvalue weighted by Gasteiger charge is -2.40. The van der Waals surface area contributed by atoms with Gasteiger partial charge in [0.1, 0.15) is 5.76 Å². The van der Waals surface area contributed by atoms with E-state index in [1.165, 1.54) is 26.4 Å². The second-order valence-electron chi connectivity index (χ2n) is 16.7. The van der Waals surface area contributed by atoms with E-state index in [0.717, 1.165) is 48.5 Å². The number of rotatable bonds is 21. The van der Waals surface area contributed by atoms with Gasteiger partial charge in [-0.1, -0.05) is 100 Å². The Balaban J connectivity index is 3.53. The van der Waals surface area contributed by atoms with Crippen LogP contribution in [0.4, 0.5) is 0 Å². The van der Waals surface area contributed by atoms with Crippen LogP contribution in [0, 0.1) is 11.8 Å². The first-order valence-corrected chi connectivity index (χ1v) is 25.2. The van der Waals surface area contributed by atoms with Crippen molar-refractivity contribution in [2.75, 3.05) is 12.9 Å². The van der Waals surface area contributed by atoms with E-state index in [2.05, 4.69) is 93.7 Å². The molecule has 0 fully saturated rings. The van der Waals surface area contributed by atoms with Crippen molar-refractivity contribution in [1.82, 2.24) is 0 Å². The van der Waals surface area contributed by atoms with Crippen molar-refractivity contribution in [3.05, 3.63) is 22.8 Å². The van der Waals surface area contributed by atoms with Crippen molar-refractivity contribution in [1.29, 1.82) is 0 Å². The number of carbonyl (C=O) groups excluding carboxylic acids is 2. The van der Waals surface area contributed by atoms with Crippen LogP contribution in [0.25, 0.3) is 0 Å². The van der Waals surface area contributed by atoms with Gasteiger partial charge in [-0.05, 0) is 73.6 Å². The molecule has 0 unspecified atom stereocenters. The summed E-state index contributed by atoms with van der Waals surface area (Å²) in [6.07, 6.45) is 14.2. The number of hydrogen-bond donors (Lipinski definition) is 0. The highest BCUT2D eigenvalue weighted by molar-refractivity contribution is 8.03. The molecule has 6 nitrogen and oxygen atoms in total. The summed E-state index contributed by atoms with van der Waals surface area (Å²) >= 11 is 1.79. The van der Waals surface area contributed by atoms with Crippen molar-refractivity contribution in [3.63, 3.8) is 0 Å². The number of thioether (sulfide) groups is 1. The summed E-state index contributed by atoms with van der Waals surface area (Å²) in [4.78, 5) is 25.6. The summed E-state index contributed by atoms with van der Waals surface area (Å²) in [5.74, 6) is 1.90. The van der Waals surface area contributed by atoms with Gasteiger partial charge in [0.05, 0.1) is 19.3 Å². The van der Waals surface area contributed by atoms with Crippen molar-refractivity contribution >= 4 is 40.3 Å².